The zero-order valence-corrected chi connectivity index (χ0v) is 17.8. The first-order chi connectivity index (χ1) is 13.2. The Labute approximate surface area is 169 Å². The topological polar surface area (TPSA) is 38.3 Å². The number of benzene rings is 2. The second kappa shape index (κ2) is 8.38. The SMILES string of the molecule is C[C@H](NC(=O)[C@@H](C)Oc1ccc2c(c1)CCCC2)c1ccc(C(C)(C)C)cc1. The number of fused-ring (bicyclic) bond motifs is 1. The minimum absolute atomic E-state index is 0.0592. The largest absolute Gasteiger partial charge is 0.481 e. The van der Waals surface area contributed by atoms with Gasteiger partial charge >= 0.3 is 0 Å². The third-order valence-electron chi connectivity index (χ3n) is 5.64. The summed E-state index contributed by atoms with van der Waals surface area (Å²) < 4.78 is 5.93. The van der Waals surface area contributed by atoms with Crippen molar-refractivity contribution in [1.29, 1.82) is 0 Å². The Hall–Kier alpha value is -2.29. The van der Waals surface area contributed by atoms with Crippen LogP contribution < -0.4 is 10.1 Å². The quantitative estimate of drug-likeness (QED) is 0.744. The Morgan fingerprint density at radius 3 is 2.25 bits per heavy atom. The summed E-state index contributed by atoms with van der Waals surface area (Å²) in [6, 6.07) is 14.7. The Morgan fingerprint density at radius 1 is 0.964 bits per heavy atom. The van der Waals surface area contributed by atoms with Crippen molar-refractivity contribution in [3.05, 3.63) is 64.7 Å². The summed E-state index contributed by atoms with van der Waals surface area (Å²) in [4.78, 5) is 12.6. The molecule has 3 rings (SSSR count). The van der Waals surface area contributed by atoms with Crippen molar-refractivity contribution in [2.45, 2.75) is 77.9 Å². The van der Waals surface area contributed by atoms with Gasteiger partial charge in [0, 0.05) is 0 Å². The van der Waals surface area contributed by atoms with E-state index in [1.54, 1.807) is 0 Å². The summed E-state index contributed by atoms with van der Waals surface area (Å²) in [6.07, 6.45) is 4.22. The maximum Gasteiger partial charge on any atom is 0.261 e. The van der Waals surface area contributed by atoms with E-state index >= 15 is 0 Å². The van der Waals surface area contributed by atoms with Crippen LogP contribution in [0.3, 0.4) is 0 Å². The van der Waals surface area contributed by atoms with Crippen LogP contribution in [0.15, 0.2) is 42.5 Å². The number of hydrogen-bond donors (Lipinski definition) is 1. The standard InChI is InChI=1S/C25H33NO2/c1-17(19-10-13-22(14-11-19)25(3,4)5)26-24(27)18(2)28-23-15-12-20-8-6-7-9-21(20)16-23/h10-18H,6-9H2,1-5H3,(H,26,27)/t17-,18+/m0/s1. The van der Waals surface area contributed by atoms with Crippen LogP contribution >= 0.6 is 0 Å². The summed E-state index contributed by atoms with van der Waals surface area (Å²) in [7, 11) is 0. The van der Waals surface area contributed by atoms with Crippen molar-refractivity contribution in [3.63, 3.8) is 0 Å². The highest BCUT2D eigenvalue weighted by Gasteiger charge is 2.19. The zero-order chi connectivity index (χ0) is 20.3. The van der Waals surface area contributed by atoms with E-state index < -0.39 is 6.10 Å². The molecule has 3 heteroatoms. The molecule has 2 atom stereocenters. The van der Waals surface area contributed by atoms with E-state index in [0.29, 0.717) is 0 Å². The van der Waals surface area contributed by atoms with Crippen molar-refractivity contribution in [1.82, 2.24) is 5.32 Å². The van der Waals surface area contributed by atoms with Gasteiger partial charge in [0.05, 0.1) is 6.04 Å². The number of amides is 1. The monoisotopic (exact) mass is 379 g/mol. The van der Waals surface area contributed by atoms with E-state index in [2.05, 4.69) is 62.5 Å². The van der Waals surface area contributed by atoms with Crippen LogP contribution in [0.2, 0.25) is 0 Å². The molecule has 0 spiro atoms. The number of nitrogens with one attached hydrogen (secondary N) is 1. The lowest BCUT2D eigenvalue weighted by atomic mass is 9.86. The number of rotatable bonds is 5. The maximum atomic E-state index is 12.6. The molecule has 0 bridgehead atoms. The van der Waals surface area contributed by atoms with Gasteiger partial charge in [0.25, 0.3) is 5.91 Å². The Morgan fingerprint density at radius 2 is 1.61 bits per heavy atom. The van der Waals surface area contributed by atoms with Gasteiger partial charge in [0.1, 0.15) is 5.75 Å². The van der Waals surface area contributed by atoms with E-state index in [9.17, 15) is 4.79 Å². The van der Waals surface area contributed by atoms with Crippen LogP contribution in [-0.2, 0) is 23.1 Å². The molecule has 2 aromatic carbocycles. The Kier molecular flexibility index (Phi) is 6.12. The molecule has 1 aliphatic carbocycles. The third kappa shape index (κ3) is 4.95. The minimum Gasteiger partial charge on any atom is -0.481 e. The molecule has 0 aliphatic heterocycles. The molecule has 0 fully saturated rings. The van der Waals surface area contributed by atoms with Crippen molar-refractivity contribution in [3.8, 4) is 5.75 Å². The Bertz CT molecular complexity index is 817. The number of hydrogen-bond acceptors (Lipinski definition) is 2. The number of carbonyl (C=O) groups excluding carboxylic acids is 1. The number of aryl methyl sites for hydroxylation is 2. The molecular weight excluding hydrogens is 346 g/mol. The summed E-state index contributed by atoms with van der Waals surface area (Å²) in [5.41, 5.74) is 5.30. The second-order valence-electron chi connectivity index (χ2n) is 9.00. The summed E-state index contributed by atoms with van der Waals surface area (Å²) >= 11 is 0. The van der Waals surface area contributed by atoms with Crippen molar-refractivity contribution in [2.75, 3.05) is 0 Å². The third-order valence-corrected chi connectivity index (χ3v) is 5.64. The van der Waals surface area contributed by atoms with Gasteiger partial charge < -0.3 is 10.1 Å². The highest BCUT2D eigenvalue weighted by Crippen LogP contribution is 2.26. The highest BCUT2D eigenvalue weighted by atomic mass is 16.5. The fraction of sp³-hybridized carbons (Fsp3) is 0.480. The molecule has 1 N–H and O–H groups in total. The first-order valence-electron chi connectivity index (χ1n) is 10.4. The van der Waals surface area contributed by atoms with E-state index in [-0.39, 0.29) is 17.4 Å². The van der Waals surface area contributed by atoms with Gasteiger partial charge in [-0.25, -0.2) is 0 Å². The van der Waals surface area contributed by atoms with E-state index in [4.69, 9.17) is 4.74 Å². The minimum atomic E-state index is -0.530. The van der Waals surface area contributed by atoms with Crippen LogP contribution in [0.5, 0.6) is 5.75 Å². The lowest BCUT2D eigenvalue weighted by Crippen LogP contribution is -2.37. The molecule has 1 amide bonds. The summed E-state index contributed by atoms with van der Waals surface area (Å²) in [6.45, 7) is 10.4. The van der Waals surface area contributed by atoms with Crippen LogP contribution in [-0.4, -0.2) is 12.0 Å². The predicted octanol–water partition coefficient (Wildman–Crippen LogP) is 5.51. The van der Waals surface area contributed by atoms with Gasteiger partial charge in [-0.1, -0.05) is 51.1 Å². The van der Waals surface area contributed by atoms with E-state index in [1.807, 2.05) is 19.9 Å². The molecule has 0 aromatic heterocycles. The molecule has 0 radical (unpaired) electrons. The molecule has 0 heterocycles. The average molecular weight is 380 g/mol. The van der Waals surface area contributed by atoms with Gasteiger partial charge in [-0.2, -0.15) is 0 Å². The molecule has 1 aliphatic rings. The Balaban J connectivity index is 1.59. The van der Waals surface area contributed by atoms with Gasteiger partial charge in [0.2, 0.25) is 0 Å². The fourth-order valence-corrected chi connectivity index (χ4v) is 3.73. The maximum absolute atomic E-state index is 12.6. The van der Waals surface area contributed by atoms with E-state index in [1.165, 1.54) is 29.5 Å². The lowest BCUT2D eigenvalue weighted by Gasteiger charge is -2.22. The highest BCUT2D eigenvalue weighted by molar-refractivity contribution is 5.81. The van der Waals surface area contributed by atoms with Crippen LogP contribution in [0, 0.1) is 0 Å². The van der Waals surface area contributed by atoms with Crippen LogP contribution in [0.4, 0.5) is 0 Å². The van der Waals surface area contributed by atoms with Crippen LogP contribution in [0.1, 0.15) is 75.8 Å². The van der Waals surface area contributed by atoms with Gasteiger partial charge in [-0.05, 0) is 79.3 Å². The molecule has 28 heavy (non-hydrogen) atoms. The first kappa shape index (κ1) is 20.4. The molecule has 0 unspecified atom stereocenters. The van der Waals surface area contributed by atoms with Crippen molar-refractivity contribution in [2.24, 2.45) is 0 Å². The second-order valence-corrected chi connectivity index (χ2v) is 9.00. The summed E-state index contributed by atoms with van der Waals surface area (Å²) in [5.74, 6) is 0.690. The predicted molar refractivity (Wildman–Crippen MR) is 115 cm³/mol. The molecule has 3 nitrogen and oxygen atoms in total. The smallest absolute Gasteiger partial charge is 0.261 e. The normalized spacial score (nSPS) is 16.0. The van der Waals surface area contributed by atoms with Crippen LogP contribution in [0.25, 0.3) is 0 Å². The van der Waals surface area contributed by atoms with E-state index in [0.717, 1.165) is 24.2 Å². The van der Waals surface area contributed by atoms with Crippen molar-refractivity contribution < 1.29 is 9.53 Å². The number of carbonyl (C=O) groups is 1. The number of ether oxygens (including phenoxy) is 1. The molecule has 0 saturated carbocycles. The molecule has 0 saturated heterocycles. The van der Waals surface area contributed by atoms with Gasteiger partial charge in [-0.15, -0.1) is 0 Å². The average Bonchev–Trinajstić information content (AvgIpc) is 2.67. The lowest BCUT2D eigenvalue weighted by molar-refractivity contribution is -0.127. The van der Waals surface area contributed by atoms with Gasteiger partial charge in [0.15, 0.2) is 6.10 Å². The fourth-order valence-electron chi connectivity index (χ4n) is 3.73. The van der Waals surface area contributed by atoms with Crippen molar-refractivity contribution >= 4 is 5.91 Å². The zero-order valence-electron chi connectivity index (χ0n) is 17.8. The molecule has 150 valence electrons. The molecular formula is C25H33NO2. The van der Waals surface area contributed by atoms with Gasteiger partial charge in [-0.3, -0.25) is 4.79 Å². The first-order valence-corrected chi connectivity index (χ1v) is 10.4. The molecule has 2 aromatic rings. The summed E-state index contributed by atoms with van der Waals surface area (Å²) in [5, 5.41) is 3.07.